The molecule has 0 aromatic heterocycles. The van der Waals surface area contributed by atoms with Crippen LogP contribution in [-0.4, -0.2) is 35.8 Å². The molecule has 1 N–H and O–H groups in total. The summed E-state index contributed by atoms with van der Waals surface area (Å²) >= 11 is 5.96. The lowest BCUT2D eigenvalue weighted by Gasteiger charge is -2.28. The Morgan fingerprint density at radius 2 is 1.71 bits per heavy atom. The average molecular weight is 304 g/mol. The van der Waals surface area contributed by atoms with Gasteiger partial charge in [0.2, 0.25) is 0 Å². The molecule has 4 heteroatoms. The topological polar surface area (TPSA) is 32.5 Å². The lowest BCUT2D eigenvalue weighted by molar-refractivity contribution is 0.0631. The molecule has 2 atom stereocenters. The van der Waals surface area contributed by atoms with Crippen LogP contribution in [0.5, 0.6) is 5.75 Å². The highest BCUT2D eigenvalue weighted by Crippen LogP contribution is 2.32. The SMILES string of the molecule is OC[C@@H](Oc1ccccc1)[C@@H](c1ccc(Cl)cc1)N1CC1. The molecule has 3 rings (SSSR count). The van der Waals surface area contributed by atoms with Gasteiger partial charge in [-0.2, -0.15) is 0 Å². The summed E-state index contributed by atoms with van der Waals surface area (Å²) in [4.78, 5) is 2.28. The van der Waals surface area contributed by atoms with Gasteiger partial charge in [0, 0.05) is 18.1 Å². The number of aliphatic hydroxyl groups is 1. The first-order valence-electron chi connectivity index (χ1n) is 7.10. The van der Waals surface area contributed by atoms with Crippen molar-refractivity contribution in [1.82, 2.24) is 4.90 Å². The number of aliphatic hydroxyl groups excluding tert-OH is 1. The van der Waals surface area contributed by atoms with Crippen LogP contribution in [0.4, 0.5) is 0 Å². The predicted molar refractivity (Wildman–Crippen MR) is 83.7 cm³/mol. The maximum absolute atomic E-state index is 9.77. The third kappa shape index (κ3) is 3.56. The van der Waals surface area contributed by atoms with Gasteiger partial charge in [-0.05, 0) is 29.8 Å². The molecule has 21 heavy (non-hydrogen) atoms. The number of halogens is 1. The number of para-hydroxylation sites is 1. The molecular weight excluding hydrogens is 286 g/mol. The van der Waals surface area contributed by atoms with Gasteiger partial charge in [0.1, 0.15) is 11.9 Å². The van der Waals surface area contributed by atoms with E-state index < -0.39 is 0 Å². The predicted octanol–water partition coefficient (Wildman–Crippen LogP) is 3.14. The number of benzene rings is 2. The Bertz CT molecular complexity index is 569. The zero-order valence-corrected chi connectivity index (χ0v) is 12.4. The zero-order valence-electron chi connectivity index (χ0n) is 11.7. The lowest BCUT2D eigenvalue weighted by atomic mass is 10.0. The van der Waals surface area contributed by atoms with Crippen LogP contribution in [0.15, 0.2) is 54.6 Å². The Morgan fingerprint density at radius 1 is 1.05 bits per heavy atom. The van der Waals surface area contributed by atoms with Gasteiger partial charge in [-0.1, -0.05) is 41.9 Å². The molecule has 0 saturated carbocycles. The largest absolute Gasteiger partial charge is 0.486 e. The van der Waals surface area contributed by atoms with E-state index in [1.807, 2.05) is 54.6 Å². The molecule has 0 radical (unpaired) electrons. The van der Waals surface area contributed by atoms with Crippen LogP contribution in [-0.2, 0) is 0 Å². The van der Waals surface area contributed by atoms with Crippen LogP contribution >= 0.6 is 11.6 Å². The smallest absolute Gasteiger partial charge is 0.141 e. The van der Waals surface area contributed by atoms with Crippen molar-refractivity contribution in [3.8, 4) is 5.75 Å². The van der Waals surface area contributed by atoms with Crippen LogP contribution < -0.4 is 4.74 Å². The quantitative estimate of drug-likeness (QED) is 0.832. The first kappa shape index (κ1) is 14.4. The highest BCUT2D eigenvalue weighted by Gasteiger charge is 2.36. The first-order chi connectivity index (χ1) is 10.3. The summed E-state index contributed by atoms with van der Waals surface area (Å²) in [5.74, 6) is 0.775. The Balaban J connectivity index is 1.82. The molecule has 110 valence electrons. The molecule has 1 fully saturated rings. The molecule has 0 spiro atoms. The standard InChI is InChI=1S/C17H18ClNO2/c18-14-8-6-13(7-9-14)17(19-10-11-19)16(12-20)21-15-4-2-1-3-5-15/h1-9,16-17,20H,10-12H2/t16-,17-/m1/s1. The second-order valence-corrected chi connectivity index (χ2v) is 5.62. The maximum atomic E-state index is 9.77. The minimum Gasteiger partial charge on any atom is -0.486 e. The number of hydrogen-bond donors (Lipinski definition) is 1. The van der Waals surface area contributed by atoms with E-state index in [1.54, 1.807) is 0 Å². The van der Waals surface area contributed by atoms with Gasteiger partial charge in [-0.25, -0.2) is 0 Å². The van der Waals surface area contributed by atoms with Crippen molar-refractivity contribution < 1.29 is 9.84 Å². The molecule has 0 amide bonds. The minimum absolute atomic E-state index is 0.0291. The van der Waals surface area contributed by atoms with E-state index >= 15 is 0 Å². The summed E-state index contributed by atoms with van der Waals surface area (Å²) in [6, 6.07) is 17.4. The molecule has 0 bridgehead atoms. The van der Waals surface area contributed by atoms with Gasteiger partial charge in [-0.15, -0.1) is 0 Å². The fourth-order valence-electron chi connectivity index (χ4n) is 2.53. The average Bonchev–Trinajstić information content (AvgIpc) is 3.34. The van der Waals surface area contributed by atoms with E-state index in [0.29, 0.717) is 5.02 Å². The summed E-state index contributed by atoms with van der Waals surface area (Å²) < 4.78 is 5.99. The van der Waals surface area contributed by atoms with Crippen molar-refractivity contribution in [1.29, 1.82) is 0 Å². The molecule has 1 saturated heterocycles. The molecule has 0 unspecified atom stereocenters. The molecule has 2 aromatic carbocycles. The molecule has 1 aliphatic heterocycles. The summed E-state index contributed by atoms with van der Waals surface area (Å²) in [6.07, 6.45) is -0.295. The summed E-state index contributed by atoms with van der Waals surface area (Å²) in [5, 5.41) is 10.5. The number of rotatable bonds is 6. The van der Waals surface area contributed by atoms with E-state index in [1.165, 1.54) is 0 Å². The van der Waals surface area contributed by atoms with Crippen molar-refractivity contribution in [2.45, 2.75) is 12.1 Å². The minimum atomic E-state index is -0.295. The van der Waals surface area contributed by atoms with E-state index in [2.05, 4.69) is 4.90 Å². The third-order valence-electron chi connectivity index (χ3n) is 3.65. The number of hydrogen-bond acceptors (Lipinski definition) is 3. The highest BCUT2D eigenvalue weighted by atomic mass is 35.5. The normalized spacial score (nSPS) is 17.2. The Morgan fingerprint density at radius 3 is 2.29 bits per heavy atom. The fraction of sp³-hybridized carbons (Fsp3) is 0.294. The molecule has 3 nitrogen and oxygen atoms in total. The summed E-state index contributed by atoms with van der Waals surface area (Å²) in [6.45, 7) is 2.03. The van der Waals surface area contributed by atoms with Crippen LogP contribution in [0.1, 0.15) is 11.6 Å². The van der Waals surface area contributed by atoms with Crippen molar-refractivity contribution >= 4 is 11.6 Å². The van der Waals surface area contributed by atoms with Crippen molar-refractivity contribution in [3.05, 3.63) is 65.2 Å². The Kier molecular flexibility index (Phi) is 4.44. The maximum Gasteiger partial charge on any atom is 0.141 e. The first-order valence-corrected chi connectivity index (χ1v) is 7.48. The van der Waals surface area contributed by atoms with Crippen LogP contribution in [0.2, 0.25) is 5.02 Å². The fourth-order valence-corrected chi connectivity index (χ4v) is 2.66. The van der Waals surface area contributed by atoms with Gasteiger partial charge in [0.05, 0.1) is 12.6 Å². The van der Waals surface area contributed by atoms with Crippen LogP contribution in [0.3, 0.4) is 0 Å². The molecule has 0 aliphatic carbocycles. The monoisotopic (exact) mass is 303 g/mol. The highest BCUT2D eigenvalue weighted by molar-refractivity contribution is 6.30. The van der Waals surface area contributed by atoms with Crippen LogP contribution in [0.25, 0.3) is 0 Å². The number of ether oxygens (including phenoxy) is 1. The van der Waals surface area contributed by atoms with E-state index in [-0.39, 0.29) is 18.8 Å². The van der Waals surface area contributed by atoms with E-state index in [9.17, 15) is 5.11 Å². The van der Waals surface area contributed by atoms with Crippen molar-refractivity contribution in [3.63, 3.8) is 0 Å². The second-order valence-electron chi connectivity index (χ2n) is 5.18. The second kappa shape index (κ2) is 6.48. The lowest BCUT2D eigenvalue weighted by Crippen LogP contribution is -2.33. The van der Waals surface area contributed by atoms with Crippen LogP contribution in [0, 0.1) is 0 Å². The number of nitrogens with zero attached hydrogens (tertiary/aromatic N) is 1. The molecular formula is C17H18ClNO2. The Hall–Kier alpha value is -1.55. The van der Waals surface area contributed by atoms with Gasteiger partial charge in [0.25, 0.3) is 0 Å². The van der Waals surface area contributed by atoms with Gasteiger partial charge >= 0.3 is 0 Å². The van der Waals surface area contributed by atoms with Crippen molar-refractivity contribution in [2.75, 3.05) is 19.7 Å². The molecule has 1 aliphatic rings. The summed E-state index contributed by atoms with van der Waals surface area (Å²) in [5.41, 5.74) is 1.12. The van der Waals surface area contributed by atoms with Gasteiger partial charge in [0.15, 0.2) is 0 Å². The molecule has 1 heterocycles. The van der Waals surface area contributed by atoms with Gasteiger partial charge < -0.3 is 9.84 Å². The molecule has 2 aromatic rings. The van der Waals surface area contributed by atoms with E-state index in [0.717, 1.165) is 24.4 Å². The van der Waals surface area contributed by atoms with E-state index in [4.69, 9.17) is 16.3 Å². The van der Waals surface area contributed by atoms with Gasteiger partial charge in [-0.3, -0.25) is 4.90 Å². The zero-order chi connectivity index (χ0) is 14.7. The summed E-state index contributed by atoms with van der Waals surface area (Å²) in [7, 11) is 0. The van der Waals surface area contributed by atoms with Crippen molar-refractivity contribution in [2.24, 2.45) is 0 Å². The Labute approximate surface area is 129 Å². The third-order valence-corrected chi connectivity index (χ3v) is 3.90.